The van der Waals surface area contributed by atoms with Gasteiger partial charge in [0.1, 0.15) is 17.2 Å². The highest BCUT2D eigenvalue weighted by atomic mass is 79.9. The maximum absolute atomic E-state index is 13.6. The van der Waals surface area contributed by atoms with E-state index in [2.05, 4.69) is 26.2 Å². The van der Waals surface area contributed by atoms with Crippen LogP contribution in [-0.4, -0.2) is 22.0 Å². The summed E-state index contributed by atoms with van der Waals surface area (Å²) < 4.78 is 13.9. The third-order valence-electron chi connectivity index (χ3n) is 2.46. The van der Waals surface area contributed by atoms with E-state index in [-0.39, 0.29) is 21.4 Å². The van der Waals surface area contributed by atoms with E-state index in [0.717, 1.165) is 6.07 Å². The molecule has 0 atom stereocenters. The van der Waals surface area contributed by atoms with E-state index in [9.17, 15) is 14.0 Å². The number of nitrogens with zero attached hydrogens (tertiary/aromatic N) is 1. The lowest BCUT2D eigenvalue weighted by molar-refractivity contribution is 0.0697. The molecule has 0 bridgehead atoms. The first-order chi connectivity index (χ1) is 9.50. The van der Waals surface area contributed by atoms with E-state index in [1.807, 2.05) is 0 Å². The monoisotopic (exact) mass is 338 g/mol. The van der Waals surface area contributed by atoms with Gasteiger partial charge in [0, 0.05) is 10.7 Å². The van der Waals surface area contributed by atoms with Crippen LogP contribution >= 0.6 is 15.9 Å². The van der Waals surface area contributed by atoms with Gasteiger partial charge in [0.25, 0.3) is 5.91 Å². The quantitative estimate of drug-likeness (QED) is 0.901. The predicted octanol–water partition coefficient (Wildman–Crippen LogP) is 2.93. The van der Waals surface area contributed by atoms with Gasteiger partial charge in [-0.25, -0.2) is 14.2 Å². The summed E-state index contributed by atoms with van der Waals surface area (Å²) in [5.41, 5.74) is -0.386. The Morgan fingerprint density at radius 2 is 2.00 bits per heavy atom. The molecule has 1 aromatic carbocycles. The van der Waals surface area contributed by atoms with Crippen LogP contribution in [0.2, 0.25) is 0 Å². The van der Waals surface area contributed by atoms with Gasteiger partial charge in [0.2, 0.25) is 0 Å². The van der Waals surface area contributed by atoms with Crippen LogP contribution < -0.4 is 5.32 Å². The predicted molar refractivity (Wildman–Crippen MR) is 73.2 cm³/mol. The Morgan fingerprint density at radius 3 is 2.65 bits per heavy atom. The minimum absolute atomic E-state index is 0.139. The highest BCUT2D eigenvalue weighted by Crippen LogP contribution is 2.21. The van der Waals surface area contributed by atoms with E-state index >= 15 is 0 Å². The average Bonchev–Trinajstić information content (AvgIpc) is 2.38. The van der Waals surface area contributed by atoms with Crippen molar-refractivity contribution in [3.63, 3.8) is 0 Å². The van der Waals surface area contributed by atoms with Crippen LogP contribution in [0, 0.1) is 5.82 Å². The van der Waals surface area contributed by atoms with Crippen LogP contribution in [0.5, 0.6) is 0 Å². The number of pyridine rings is 1. The Balaban J connectivity index is 2.36. The molecule has 0 saturated carbocycles. The second-order valence-electron chi connectivity index (χ2n) is 3.76. The van der Waals surface area contributed by atoms with E-state index in [4.69, 9.17) is 5.11 Å². The van der Waals surface area contributed by atoms with E-state index in [0.29, 0.717) is 0 Å². The normalized spacial score (nSPS) is 10.1. The number of halogens is 2. The molecule has 2 rings (SSSR count). The molecule has 1 heterocycles. The molecule has 5 nitrogen and oxygen atoms in total. The number of carboxylic acid groups (broad SMARTS) is 1. The molecule has 0 aliphatic rings. The number of hydrogen-bond acceptors (Lipinski definition) is 3. The second-order valence-corrected chi connectivity index (χ2v) is 4.61. The fourth-order valence-corrected chi connectivity index (χ4v) is 2.08. The SMILES string of the molecule is O=C(O)c1cccnc1NC(=O)c1c(F)cccc1Br. The van der Waals surface area contributed by atoms with Gasteiger partial charge in [0.05, 0.1) is 5.56 Å². The summed E-state index contributed by atoms with van der Waals surface area (Å²) in [7, 11) is 0. The minimum atomic E-state index is -1.24. The van der Waals surface area contributed by atoms with Crippen molar-refractivity contribution in [1.29, 1.82) is 0 Å². The van der Waals surface area contributed by atoms with E-state index in [1.165, 1.54) is 30.5 Å². The highest BCUT2D eigenvalue weighted by Gasteiger charge is 2.19. The highest BCUT2D eigenvalue weighted by molar-refractivity contribution is 9.10. The summed E-state index contributed by atoms with van der Waals surface area (Å²) >= 11 is 3.07. The Morgan fingerprint density at radius 1 is 1.25 bits per heavy atom. The van der Waals surface area contributed by atoms with Crippen molar-refractivity contribution in [1.82, 2.24) is 4.98 Å². The van der Waals surface area contributed by atoms with Crippen molar-refractivity contribution in [2.45, 2.75) is 0 Å². The van der Waals surface area contributed by atoms with Crippen molar-refractivity contribution in [2.75, 3.05) is 5.32 Å². The minimum Gasteiger partial charge on any atom is -0.478 e. The second kappa shape index (κ2) is 5.79. The largest absolute Gasteiger partial charge is 0.478 e. The molecule has 0 spiro atoms. The molecule has 7 heteroatoms. The molecule has 0 aliphatic heterocycles. The Bertz CT molecular complexity index is 671. The third-order valence-corrected chi connectivity index (χ3v) is 3.12. The van der Waals surface area contributed by atoms with Crippen LogP contribution in [0.25, 0.3) is 0 Å². The van der Waals surface area contributed by atoms with Crippen molar-refractivity contribution in [3.05, 3.63) is 57.9 Å². The van der Waals surface area contributed by atoms with Crippen LogP contribution in [0.3, 0.4) is 0 Å². The molecular formula is C13H8BrFN2O3. The molecule has 0 saturated heterocycles. The maximum atomic E-state index is 13.6. The summed E-state index contributed by atoms with van der Waals surface area (Å²) in [5.74, 6) is -2.87. The molecule has 102 valence electrons. The third kappa shape index (κ3) is 2.83. The topological polar surface area (TPSA) is 79.3 Å². The smallest absolute Gasteiger partial charge is 0.339 e. The van der Waals surface area contributed by atoms with E-state index < -0.39 is 17.7 Å². The van der Waals surface area contributed by atoms with Gasteiger partial charge in [-0.3, -0.25) is 4.79 Å². The van der Waals surface area contributed by atoms with Gasteiger partial charge >= 0.3 is 5.97 Å². The first-order valence-corrected chi connectivity index (χ1v) is 6.23. The van der Waals surface area contributed by atoms with Crippen molar-refractivity contribution >= 4 is 33.6 Å². The van der Waals surface area contributed by atoms with Gasteiger partial charge in [-0.15, -0.1) is 0 Å². The zero-order valence-electron chi connectivity index (χ0n) is 9.93. The summed E-state index contributed by atoms with van der Waals surface area (Å²) in [6.07, 6.45) is 1.33. The molecular weight excluding hydrogens is 331 g/mol. The van der Waals surface area contributed by atoms with Crippen molar-refractivity contribution in [3.8, 4) is 0 Å². The first-order valence-electron chi connectivity index (χ1n) is 5.44. The Kier molecular flexibility index (Phi) is 4.09. The fraction of sp³-hybridized carbons (Fsp3) is 0. The number of aromatic nitrogens is 1. The zero-order valence-corrected chi connectivity index (χ0v) is 11.5. The number of carboxylic acids is 1. The fourth-order valence-electron chi connectivity index (χ4n) is 1.56. The summed E-state index contributed by atoms with van der Waals surface area (Å²) in [4.78, 5) is 26.8. The van der Waals surface area contributed by atoms with Crippen molar-refractivity contribution < 1.29 is 19.1 Å². The lowest BCUT2D eigenvalue weighted by Gasteiger charge is -2.09. The Hall–Kier alpha value is -2.28. The van der Waals surface area contributed by atoms with Gasteiger partial charge in [-0.2, -0.15) is 0 Å². The lowest BCUT2D eigenvalue weighted by Crippen LogP contribution is -2.17. The van der Waals surface area contributed by atoms with Crippen LogP contribution in [0.4, 0.5) is 10.2 Å². The van der Waals surface area contributed by atoms with Crippen LogP contribution in [0.1, 0.15) is 20.7 Å². The molecule has 0 aliphatic carbocycles. The number of rotatable bonds is 3. The number of anilines is 1. The number of nitrogens with one attached hydrogen (secondary N) is 1. The van der Waals surface area contributed by atoms with Crippen molar-refractivity contribution in [2.24, 2.45) is 0 Å². The number of hydrogen-bond donors (Lipinski definition) is 2. The lowest BCUT2D eigenvalue weighted by atomic mass is 10.2. The van der Waals surface area contributed by atoms with Gasteiger partial charge < -0.3 is 10.4 Å². The average molecular weight is 339 g/mol. The molecule has 0 radical (unpaired) electrons. The molecule has 1 aromatic heterocycles. The number of benzene rings is 1. The number of carbonyl (C=O) groups excluding carboxylic acids is 1. The first kappa shape index (κ1) is 14.1. The van der Waals surface area contributed by atoms with Gasteiger partial charge in [0.15, 0.2) is 0 Å². The van der Waals surface area contributed by atoms with Gasteiger partial charge in [-0.1, -0.05) is 6.07 Å². The summed E-state index contributed by atoms with van der Waals surface area (Å²) in [5, 5.41) is 11.3. The standard InChI is InChI=1S/C13H8BrFN2O3/c14-8-4-1-5-9(15)10(8)12(18)17-11-7(13(19)20)3-2-6-16-11/h1-6H,(H,19,20)(H,16,17,18). The number of amides is 1. The van der Waals surface area contributed by atoms with E-state index in [1.54, 1.807) is 0 Å². The van der Waals surface area contributed by atoms with Crippen LogP contribution in [-0.2, 0) is 0 Å². The Labute approximate surface area is 121 Å². The number of aromatic carboxylic acids is 1. The molecule has 20 heavy (non-hydrogen) atoms. The molecule has 2 N–H and O–H groups in total. The number of carbonyl (C=O) groups is 2. The molecule has 2 aromatic rings. The molecule has 0 fully saturated rings. The zero-order chi connectivity index (χ0) is 14.7. The molecule has 0 unspecified atom stereocenters. The summed E-state index contributed by atoms with van der Waals surface area (Å²) in [6, 6.07) is 6.81. The molecule has 1 amide bonds. The summed E-state index contributed by atoms with van der Waals surface area (Å²) in [6.45, 7) is 0. The van der Waals surface area contributed by atoms with Crippen LogP contribution in [0.15, 0.2) is 41.0 Å². The van der Waals surface area contributed by atoms with Gasteiger partial charge in [-0.05, 0) is 40.2 Å². The maximum Gasteiger partial charge on any atom is 0.339 e.